The van der Waals surface area contributed by atoms with Crippen LogP contribution in [0.25, 0.3) is 0 Å². The number of rotatable bonds is 4. The van der Waals surface area contributed by atoms with Crippen molar-refractivity contribution in [3.63, 3.8) is 0 Å². The van der Waals surface area contributed by atoms with Crippen molar-refractivity contribution in [3.05, 3.63) is 64.3 Å². The van der Waals surface area contributed by atoms with Gasteiger partial charge in [0.05, 0.1) is 22.4 Å². The second-order valence-electron chi connectivity index (χ2n) is 8.49. The van der Waals surface area contributed by atoms with E-state index < -0.39 is 0 Å². The predicted molar refractivity (Wildman–Crippen MR) is 138 cm³/mol. The lowest BCUT2D eigenvalue weighted by atomic mass is 10.1. The van der Waals surface area contributed by atoms with E-state index in [4.69, 9.17) is 23.2 Å². The molecular weight excluding hydrogens is 473 g/mol. The Morgan fingerprint density at radius 3 is 2.56 bits per heavy atom. The predicted octanol–water partition coefficient (Wildman–Crippen LogP) is 4.38. The summed E-state index contributed by atoms with van der Waals surface area (Å²) in [6, 6.07) is 13.9. The number of aromatic nitrogens is 2. The molecule has 1 aromatic heterocycles. The largest absolute Gasteiger partial charge is 0.366 e. The zero-order valence-electron chi connectivity index (χ0n) is 18.9. The molecule has 1 fully saturated rings. The van der Waals surface area contributed by atoms with E-state index in [1.165, 1.54) is 11.9 Å². The minimum absolute atomic E-state index is 0.246. The number of para-hydroxylation sites is 1. The number of nitrogens with zero attached hydrogens (tertiary/aromatic N) is 5. The number of hydrogen-bond acceptors (Lipinski definition) is 7. The van der Waals surface area contributed by atoms with Gasteiger partial charge in [0.2, 0.25) is 5.95 Å². The van der Waals surface area contributed by atoms with E-state index in [-0.39, 0.29) is 12.6 Å². The van der Waals surface area contributed by atoms with Gasteiger partial charge < -0.3 is 20.4 Å². The number of carbonyl (C=O) groups excluding carboxylic acids is 1. The Morgan fingerprint density at radius 1 is 1.12 bits per heavy atom. The Bertz CT molecular complexity index is 1200. The lowest BCUT2D eigenvalue weighted by Crippen LogP contribution is -2.49. The number of fused-ring (bicyclic) bond motifs is 1. The van der Waals surface area contributed by atoms with E-state index in [1.807, 2.05) is 24.1 Å². The van der Waals surface area contributed by atoms with Crippen molar-refractivity contribution in [2.45, 2.75) is 13.0 Å². The first-order valence-corrected chi connectivity index (χ1v) is 11.9. The molecule has 10 heteroatoms. The molecular formula is C24H25Cl2N7O. The van der Waals surface area contributed by atoms with Crippen LogP contribution in [0.2, 0.25) is 10.0 Å². The van der Waals surface area contributed by atoms with E-state index in [0.29, 0.717) is 39.1 Å². The molecule has 1 amide bonds. The van der Waals surface area contributed by atoms with Crippen molar-refractivity contribution < 1.29 is 4.79 Å². The molecule has 0 spiro atoms. The molecule has 0 unspecified atom stereocenters. The van der Waals surface area contributed by atoms with Gasteiger partial charge in [-0.05, 0) is 43.3 Å². The Labute approximate surface area is 208 Å². The molecule has 1 atom stereocenters. The maximum absolute atomic E-state index is 13.2. The summed E-state index contributed by atoms with van der Waals surface area (Å²) in [5.41, 5.74) is 2.93. The quantitative estimate of drug-likeness (QED) is 0.553. The number of halogens is 2. The number of hydrogen-bond donors (Lipinski definition) is 2. The fourth-order valence-electron chi connectivity index (χ4n) is 4.37. The molecule has 0 aliphatic carbocycles. The Balaban J connectivity index is 1.36. The second-order valence-corrected chi connectivity index (χ2v) is 9.31. The van der Waals surface area contributed by atoms with Gasteiger partial charge in [-0.15, -0.1) is 0 Å². The molecule has 3 aromatic rings. The molecule has 0 saturated carbocycles. The molecule has 0 radical (unpaired) electrons. The highest BCUT2D eigenvalue weighted by atomic mass is 35.5. The number of anilines is 5. The highest BCUT2D eigenvalue weighted by molar-refractivity contribution is 6.40. The second kappa shape index (κ2) is 9.29. The molecule has 2 aromatic carbocycles. The third-order valence-electron chi connectivity index (χ3n) is 6.12. The van der Waals surface area contributed by atoms with E-state index in [1.54, 1.807) is 23.1 Å². The van der Waals surface area contributed by atoms with Gasteiger partial charge in [-0.3, -0.25) is 9.69 Å². The first-order chi connectivity index (χ1) is 16.4. The van der Waals surface area contributed by atoms with Crippen LogP contribution in [0, 0.1) is 0 Å². The summed E-state index contributed by atoms with van der Waals surface area (Å²) < 4.78 is 0. The van der Waals surface area contributed by atoms with Gasteiger partial charge in [0.15, 0.2) is 0 Å². The fourth-order valence-corrected chi connectivity index (χ4v) is 4.97. The van der Waals surface area contributed by atoms with Crippen LogP contribution in [0.15, 0.2) is 48.7 Å². The maximum atomic E-state index is 13.2. The number of piperazine rings is 1. The Hall–Kier alpha value is -3.07. The molecule has 2 aliphatic rings. The van der Waals surface area contributed by atoms with E-state index in [2.05, 4.69) is 44.6 Å². The molecule has 3 heterocycles. The van der Waals surface area contributed by atoms with Crippen molar-refractivity contribution in [2.75, 3.05) is 53.4 Å². The topological polar surface area (TPSA) is 76.6 Å². The van der Waals surface area contributed by atoms with Gasteiger partial charge in [-0.25, -0.2) is 4.98 Å². The minimum atomic E-state index is -0.246. The average Bonchev–Trinajstić information content (AvgIpc) is 2.83. The molecule has 176 valence electrons. The summed E-state index contributed by atoms with van der Waals surface area (Å²) in [6.07, 6.45) is 1.54. The molecule has 0 bridgehead atoms. The fraction of sp³-hybridized carbons (Fsp3) is 0.292. The van der Waals surface area contributed by atoms with Crippen LogP contribution in [-0.4, -0.2) is 55.3 Å². The van der Waals surface area contributed by atoms with Crippen LogP contribution in [0.1, 0.15) is 17.3 Å². The Kier molecular flexibility index (Phi) is 6.20. The normalized spacial score (nSPS) is 18.2. The summed E-state index contributed by atoms with van der Waals surface area (Å²) >= 11 is 12.7. The lowest BCUT2D eigenvalue weighted by Gasteiger charge is -2.36. The summed E-state index contributed by atoms with van der Waals surface area (Å²) in [6.45, 7) is 5.44. The summed E-state index contributed by atoms with van der Waals surface area (Å²) in [4.78, 5) is 28.0. The smallest absolute Gasteiger partial charge is 0.265 e. The lowest BCUT2D eigenvalue weighted by molar-refractivity contribution is 0.0982. The first kappa shape index (κ1) is 22.7. The van der Waals surface area contributed by atoms with Gasteiger partial charge in [0.1, 0.15) is 11.4 Å². The van der Waals surface area contributed by atoms with Gasteiger partial charge in [-0.2, -0.15) is 4.98 Å². The van der Waals surface area contributed by atoms with Crippen LogP contribution in [0.3, 0.4) is 0 Å². The van der Waals surface area contributed by atoms with Gasteiger partial charge >= 0.3 is 0 Å². The van der Waals surface area contributed by atoms with Crippen molar-refractivity contribution in [1.82, 2.24) is 15.3 Å². The number of amides is 1. The van der Waals surface area contributed by atoms with Gasteiger partial charge in [-0.1, -0.05) is 29.3 Å². The maximum Gasteiger partial charge on any atom is 0.265 e. The van der Waals surface area contributed by atoms with Crippen LogP contribution in [-0.2, 0) is 0 Å². The summed E-state index contributed by atoms with van der Waals surface area (Å²) in [5, 5.41) is 7.48. The van der Waals surface area contributed by atoms with Gasteiger partial charge in [0.25, 0.3) is 5.91 Å². The van der Waals surface area contributed by atoms with Crippen molar-refractivity contribution in [3.8, 4) is 0 Å². The summed E-state index contributed by atoms with van der Waals surface area (Å²) in [5.74, 6) is 0.725. The highest BCUT2D eigenvalue weighted by Gasteiger charge is 2.32. The molecule has 5 rings (SSSR count). The van der Waals surface area contributed by atoms with Crippen molar-refractivity contribution >= 4 is 57.9 Å². The Morgan fingerprint density at radius 2 is 1.85 bits per heavy atom. The standard InChI is InChI=1S/C24H25Cl2N7O/c1-15-12-27-10-11-32(15)17-8-6-16(7-9-17)29-24-28-13-18-22(30-24)31(2)14-33(23(18)34)21-19(25)4-3-5-20(21)26/h3-9,13,15,27H,10-12,14H2,1-2H3,(H,28,29,30)/t15-/m1/s1. The zero-order chi connectivity index (χ0) is 23.8. The van der Waals surface area contributed by atoms with Crippen LogP contribution in [0.5, 0.6) is 0 Å². The van der Waals surface area contributed by atoms with Crippen LogP contribution >= 0.6 is 23.2 Å². The third-order valence-corrected chi connectivity index (χ3v) is 6.73. The number of carbonyl (C=O) groups is 1. The molecule has 1 saturated heterocycles. The SMILES string of the molecule is C[C@@H]1CNCCN1c1ccc(Nc2ncc3c(n2)N(C)CN(c2c(Cl)cccc2Cl)C3=O)cc1. The third kappa shape index (κ3) is 4.24. The zero-order valence-corrected chi connectivity index (χ0v) is 20.4. The van der Waals surface area contributed by atoms with E-state index >= 15 is 0 Å². The molecule has 2 aliphatic heterocycles. The average molecular weight is 498 g/mol. The first-order valence-electron chi connectivity index (χ1n) is 11.1. The molecule has 34 heavy (non-hydrogen) atoms. The minimum Gasteiger partial charge on any atom is -0.366 e. The molecule has 8 nitrogen and oxygen atoms in total. The van der Waals surface area contributed by atoms with Gasteiger partial charge in [0, 0.05) is 50.3 Å². The molecule has 2 N–H and O–H groups in total. The monoisotopic (exact) mass is 497 g/mol. The number of nitrogens with one attached hydrogen (secondary N) is 2. The van der Waals surface area contributed by atoms with Crippen LogP contribution < -0.4 is 25.3 Å². The highest BCUT2D eigenvalue weighted by Crippen LogP contribution is 2.37. The van der Waals surface area contributed by atoms with Crippen molar-refractivity contribution in [2.24, 2.45) is 0 Å². The number of benzene rings is 2. The summed E-state index contributed by atoms with van der Waals surface area (Å²) in [7, 11) is 1.86. The van der Waals surface area contributed by atoms with E-state index in [0.717, 1.165) is 25.3 Å². The van der Waals surface area contributed by atoms with Crippen molar-refractivity contribution in [1.29, 1.82) is 0 Å². The van der Waals surface area contributed by atoms with Crippen LogP contribution in [0.4, 0.5) is 28.8 Å². The van der Waals surface area contributed by atoms with E-state index in [9.17, 15) is 4.79 Å².